The van der Waals surface area contributed by atoms with Crippen LogP contribution in [0.5, 0.6) is 0 Å². The van der Waals surface area contributed by atoms with Gasteiger partial charge < -0.3 is 20.3 Å². The van der Waals surface area contributed by atoms with Crippen LogP contribution in [0.3, 0.4) is 0 Å². The molecule has 3 amide bonds. The van der Waals surface area contributed by atoms with Crippen LogP contribution in [0.15, 0.2) is 17.5 Å². The number of nitrogens with zero attached hydrogens (tertiary/aromatic N) is 1. The minimum atomic E-state index is -0.308. The van der Waals surface area contributed by atoms with Crippen LogP contribution in [0.2, 0.25) is 0 Å². The summed E-state index contributed by atoms with van der Waals surface area (Å²) in [5, 5.41) is 7.76. The topological polar surface area (TPSA) is 87.7 Å². The number of piperidine rings is 1. The predicted octanol–water partition coefficient (Wildman–Crippen LogP) is 2.05. The fraction of sp³-hybridized carbons (Fsp3) is 0.588. The Balaban J connectivity index is 1.81. The minimum Gasteiger partial charge on any atom is -0.450 e. The van der Waals surface area contributed by atoms with Crippen LogP contribution in [0.1, 0.15) is 44.0 Å². The van der Waals surface area contributed by atoms with E-state index in [1.54, 1.807) is 11.8 Å². The number of ether oxygens (including phenoxy) is 1. The number of likely N-dealkylation sites (tertiary alicyclic amines) is 1. The van der Waals surface area contributed by atoms with E-state index in [1.165, 1.54) is 18.3 Å². The van der Waals surface area contributed by atoms with Gasteiger partial charge in [0.15, 0.2) is 0 Å². The van der Waals surface area contributed by atoms with Crippen molar-refractivity contribution in [2.45, 2.75) is 45.2 Å². The maximum absolute atomic E-state index is 12.4. The monoisotopic (exact) mass is 367 g/mol. The molecule has 2 N–H and O–H groups in total. The molecular formula is C17H25N3O4S. The van der Waals surface area contributed by atoms with Gasteiger partial charge in [0, 0.05) is 30.9 Å². The van der Waals surface area contributed by atoms with Gasteiger partial charge in [-0.2, -0.15) is 0 Å². The first-order valence-corrected chi connectivity index (χ1v) is 9.39. The average molecular weight is 367 g/mol. The summed E-state index contributed by atoms with van der Waals surface area (Å²) in [6, 6.07) is 3.55. The number of amides is 3. The number of hydrogen-bond acceptors (Lipinski definition) is 5. The van der Waals surface area contributed by atoms with Crippen LogP contribution in [0.4, 0.5) is 4.79 Å². The van der Waals surface area contributed by atoms with Gasteiger partial charge in [-0.05, 0) is 31.2 Å². The van der Waals surface area contributed by atoms with E-state index in [9.17, 15) is 14.4 Å². The summed E-state index contributed by atoms with van der Waals surface area (Å²) in [5.41, 5.74) is 0. The zero-order chi connectivity index (χ0) is 18.2. The first kappa shape index (κ1) is 19.2. The highest BCUT2D eigenvalue weighted by Crippen LogP contribution is 2.22. The molecule has 1 atom stereocenters. The van der Waals surface area contributed by atoms with Crippen LogP contribution < -0.4 is 10.6 Å². The molecule has 1 aromatic heterocycles. The van der Waals surface area contributed by atoms with E-state index >= 15 is 0 Å². The van der Waals surface area contributed by atoms with E-state index < -0.39 is 0 Å². The largest absolute Gasteiger partial charge is 0.450 e. The van der Waals surface area contributed by atoms with E-state index in [-0.39, 0.29) is 36.4 Å². The lowest BCUT2D eigenvalue weighted by atomic mass is 10.0. The third-order valence-corrected chi connectivity index (χ3v) is 5.03. The highest BCUT2D eigenvalue weighted by Gasteiger charge is 2.26. The smallest absolute Gasteiger partial charge is 0.409 e. The van der Waals surface area contributed by atoms with Gasteiger partial charge >= 0.3 is 6.09 Å². The molecule has 0 aromatic carbocycles. The number of carbonyl (C=O) groups is 3. The minimum absolute atomic E-state index is 0.0412. The standard InChI is InChI=1S/C17H25N3O4S/c1-3-24-17(23)20-8-6-13(7-9-20)19-16(22)11-14(18-12(2)21)15-5-4-10-25-15/h4-5,10,13-14H,3,6-9,11H2,1-2H3,(H,18,21)(H,19,22)/t14-/m0/s1. The van der Waals surface area contributed by atoms with Crippen LogP contribution >= 0.6 is 11.3 Å². The second-order valence-corrected chi connectivity index (χ2v) is 6.98. The molecule has 0 spiro atoms. The number of carbonyl (C=O) groups excluding carboxylic acids is 3. The quantitative estimate of drug-likeness (QED) is 0.805. The second kappa shape index (κ2) is 9.41. The van der Waals surface area contributed by atoms with Crippen molar-refractivity contribution in [1.29, 1.82) is 0 Å². The molecule has 0 bridgehead atoms. The first-order chi connectivity index (χ1) is 12.0. The molecule has 1 aliphatic rings. The van der Waals surface area contributed by atoms with Crippen LogP contribution in [-0.2, 0) is 14.3 Å². The maximum Gasteiger partial charge on any atom is 0.409 e. The van der Waals surface area contributed by atoms with Crippen molar-refractivity contribution in [2.75, 3.05) is 19.7 Å². The fourth-order valence-corrected chi connectivity index (χ4v) is 3.63. The Kier molecular flexibility index (Phi) is 7.24. The van der Waals surface area contributed by atoms with Crippen molar-refractivity contribution in [3.8, 4) is 0 Å². The lowest BCUT2D eigenvalue weighted by Gasteiger charge is -2.31. The Labute approximate surface area is 151 Å². The van der Waals surface area contributed by atoms with Crippen molar-refractivity contribution in [3.05, 3.63) is 22.4 Å². The van der Waals surface area contributed by atoms with Crippen molar-refractivity contribution in [1.82, 2.24) is 15.5 Å². The van der Waals surface area contributed by atoms with Gasteiger partial charge in [-0.1, -0.05) is 6.07 Å². The van der Waals surface area contributed by atoms with Crippen molar-refractivity contribution < 1.29 is 19.1 Å². The van der Waals surface area contributed by atoms with Crippen LogP contribution in [0.25, 0.3) is 0 Å². The molecule has 1 saturated heterocycles. The predicted molar refractivity (Wildman–Crippen MR) is 95.3 cm³/mol. The number of hydrogen-bond donors (Lipinski definition) is 2. The van der Waals surface area contributed by atoms with Crippen LogP contribution in [-0.4, -0.2) is 48.5 Å². The zero-order valence-electron chi connectivity index (χ0n) is 14.6. The Morgan fingerprint density at radius 3 is 2.64 bits per heavy atom. The molecule has 1 aromatic rings. The molecule has 1 aliphatic heterocycles. The van der Waals surface area contributed by atoms with Gasteiger partial charge in [0.2, 0.25) is 11.8 Å². The first-order valence-electron chi connectivity index (χ1n) is 8.51. The summed E-state index contributed by atoms with van der Waals surface area (Å²) in [6.45, 7) is 4.74. The fourth-order valence-electron chi connectivity index (χ4n) is 2.85. The molecule has 138 valence electrons. The Hall–Kier alpha value is -2.09. The molecule has 0 unspecified atom stereocenters. The molecule has 7 nitrogen and oxygen atoms in total. The summed E-state index contributed by atoms with van der Waals surface area (Å²) in [7, 11) is 0. The van der Waals surface area contributed by atoms with Gasteiger partial charge in [-0.25, -0.2) is 4.79 Å². The second-order valence-electron chi connectivity index (χ2n) is 6.00. The molecule has 1 fully saturated rings. The van der Waals surface area contributed by atoms with E-state index in [2.05, 4.69) is 10.6 Å². The van der Waals surface area contributed by atoms with Crippen molar-refractivity contribution in [3.63, 3.8) is 0 Å². The number of thiophene rings is 1. The highest BCUT2D eigenvalue weighted by molar-refractivity contribution is 7.10. The third-order valence-electron chi connectivity index (χ3n) is 4.04. The molecule has 0 aliphatic carbocycles. The van der Waals surface area contributed by atoms with E-state index in [0.717, 1.165) is 4.88 Å². The molecular weight excluding hydrogens is 342 g/mol. The molecule has 25 heavy (non-hydrogen) atoms. The SMILES string of the molecule is CCOC(=O)N1CCC(NC(=O)C[C@H](NC(C)=O)c2cccs2)CC1. The van der Waals surface area contributed by atoms with Crippen LogP contribution in [0, 0.1) is 0 Å². The Bertz CT molecular complexity index is 583. The molecule has 2 heterocycles. The summed E-state index contributed by atoms with van der Waals surface area (Å²) in [5.74, 6) is -0.254. The number of rotatable bonds is 6. The van der Waals surface area contributed by atoms with E-state index in [1.807, 2.05) is 17.5 Å². The Morgan fingerprint density at radius 1 is 1.36 bits per heavy atom. The Morgan fingerprint density at radius 2 is 2.08 bits per heavy atom. The summed E-state index contributed by atoms with van der Waals surface area (Å²) in [4.78, 5) is 38.0. The maximum atomic E-state index is 12.4. The third kappa shape index (κ3) is 6.04. The molecule has 8 heteroatoms. The van der Waals surface area contributed by atoms with Crippen molar-refractivity contribution >= 4 is 29.2 Å². The van der Waals surface area contributed by atoms with Crippen molar-refractivity contribution in [2.24, 2.45) is 0 Å². The van der Waals surface area contributed by atoms with Gasteiger partial charge in [-0.15, -0.1) is 11.3 Å². The molecule has 0 radical (unpaired) electrons. The van der Waals surface area contributed by atoms with Gasteiger partial charge in [0.1, 0.15) is 0 Å². The van der Waals surface area contributed by atoms with Gasteiger partial charge in [0.25, 0.3) is 0 Å². The summed E-state index contributed by atoms with van der Waals surface area (Å²) < 4.78 is 4.99. The lowest BCUT2D eigenvalue weighted by Crippen LogP contribution is -2.47. The zero-order valence-corrected chi connectivity index (χ0v) is 15.4. The lowest BCUT2D eigenvalue weighted by molar-refractivity contribution is -0.123. The van der Waals surface area contributed by atoms with Gasteiger partial charge in [0.05, 0.1) is 19.1 Å². The number of nitrogens with one attached hydrogen (secondary N) is 2. The normalized spacial score (nSPS) is 16.2. The summed E-state index contributed by atoms with van der Waals surface area (Å²) >= 11 is 1.52. The molecule has 2 rings (SSSR count). The van der Waals surface area contributed by atoms with Gasteiger partial charge in [-0.3, -0.25) is 9.59 Å². The average Bonchev–Trinajstić information content (AvgIpc) is 3.09. The molecule has 0 saturated carbocycles. The van der Waals surface area contributed by atoms with E-state index in [4.69, 9.17) is 4.74 Å². The van der Waals surface area contributed by atoms with E-state index in [0.29, 0.717) is 32.5 Å². The highest BCUT2D eigenvalue weighted by atomic mass is 32.1. The summed E-state index contributed by atoms with van der Waals surface area (Å²) in [6.07, 6.45) is 1.32.